The van der Waals surface area contributed by atoms with Crippen molar-refractivity contribution in [2.75, 3.05) is 0 Å². The van der Waals surface area contributed by atoms with Gasteiger partial charge >= 0.3 is 5.97 Å². The number of rotatable bonds is 12. The molecule has 5 unspecified atom stereocenters. The molecule has 0 radical (unpaired) electrons. The van der Waals surface area contributed by atoms with Crippen molar-refractivity contribution in [3.8, 4) is 5.75 Å². The highest BCUT2D eigenvalue weighted by molar-refractivity contribution is 5.96. The van der Waals surface area contributed by atoms with Crippen molar-refractivity contribution in [2.24, 2.45) is 11.5 Å². The molecule has 182 valence electrons. The Morgan fingerprint density at radius 2 is 1.42 bits per heavy atom. The predicted octanol–water partition coefficient (Wildman–Crippen LogP) is -2.92. The lowest BCUT2D eigenvalue weighted by atomic mass is 10.0. The number of aromatic hydroxyl groups is 1. The molecular formula is C20H29N5O8. The Hall–Kier alpha value is -3.71. The number of hydrogen-bond acceptors (Lipinski definition) is 8. The van der Waals surface area contributed by atoms with Gasteiger partial charge in [-0.15, -0.1) is 0 Å². The molecule has 4 amide bonds. The van der Waals surface area contributed by atoms with Gasteiger partial charge in [0.2, 0.25) is 23.6 Å². The Labute approximate surface area is 189 Å². The molecule has 0 heterocycles. The van der Waals surface area contributed by atoms with E-state index in [1.54, 1.807) is 0 Å². The highest BCUT2D eigenvalue weighted by Gasteiger charge is 2.32. The first-order valence-corrected chi connectivity index (χ1v) is 9.95. The molecule has 1 aromatic carbocycles. The maximum Gasteiger partial charge on any atom is 0.328 e. The molecule has 1 aromatic rings. The molecule has 5 atom stereocenters. The van der Waals surface area contributed by atoms with Gasteiger partial charge in [-0.3, -0.25) is 19.2 Å². The van der Waals surface area contributed by atoms with Gasteiger partial charge in [-0.25, -0.2) is 4.79 Å². The summed E-state index contributed by atoms with van der Waals surface area (Å²) in [6, 6.07) is 0.186. The third kappa shape index (κ3) is 9.13. The summed E-state index contributed by atoms with van der Waals surface area (Å²) in [6.45, 7) is 2.52. The molecule has 0 aliphatic heterocycles. The van der Waals surface area contributed by atoms with Crippen molar-refractivity contribution in [1.82, 2.24) is 16.0 Å². The lowest BCUT2D eigenvalue weighted by Crippen LogP contribution is -2.59. The van der Waals surface area contributed by atoms with Gasteiger partial charge in [-0.05, 0) is 31.5 Å². The number of benzene rings is 1. The fraction of sp³-hybridized carbons (Fsp3) is 0.450. The molecule has 0 saturated carbocycles. The Kier molecular flexibility index (Phi) is 10.2. The number of carbonyl (C=O) groups excluding carboxylic acids is 4. The fourth-order valence-corrected chi connectivity index (χ4v) is 2.71. The summed E-state index contributed by atoms with van der Waals surface area (Å²) in [4.78, 5) is 60.2. The van der Waals surface area contributed by atoms with Crippen LogP contribution in [0.3, 0.4) is 0 Å². The minimum Gasteiger partial charge on any atom is -0.508 e. The van der Waals surface area contributed by atoms with Crippen LogP contribution in [0, 0.1) is 0 Å². The van der Waals surface area contributed by atoms with Gasteiger partial charge in [0.05, 0.1) is 18.6 Å². The van der Waals surface area contributed by atoms with Crippen molar-refractivity contribution >= 4 is 29.6 Å². The first-order valence-electron chi connectivity index (χ1n) is 9.95. The summed E-state index contributed by atoms with van der Waals surface area (Å²) in [5.41, 5.74) is 11.1. The average molecular weight is 467 g/mol. The number of nitrogens with one attached hydrogen (secondary N) is 3. The quantitative estimate of drug-likeness (QED) is 0.157. The maximum atomic E-state index is 12.8. The van der Waals surface area contributed by atoms with E-state index in [1.807, 2.05) is 0 Å². The van der Waals surface area contributed by atoms with E-state index in [-0.39, 0.29) is 12.2 Å². The summed E-state index contributed by atoms with van der Waals surface area (Å²) < 4.78 is 0. The molecule has 13 nitrogen and oxygen atoms in total. The summed E-state index contributed by atoms with van der Waals surface area (Å²) in [5.74, 6) is -5.06. The number of phenols is 1. The zero-order valence-electron chi connectivity index (χ0n) is 18.1. The molecule has 0 fully saturated rings. The van der Waals surface area contributed by atoms with Crippen LogP contribution in [0.25, 0.3) is 0 Å². The first kappa shape index (κ1) is 27.3. The monoisotopic (exact) mass is 467 g/mol. The van der Waals surface area contributed by atoms with E-state index in [9.17, 15) is 39.3 Å². The van der Waals surface area contributed by atoms with Gasteiger partial charge in [0.15, 0.2) is 6.04 Å². The second-order valence-corrected chi connectivity index (χ2v) is 7.52. The molecule has 0 saturated heterocycles. The van der Waals surface area contributed by atoms with Crippen LogP contribution < -0.4 is 27.4 Å². The Morgan fingerprint density at radius 3 is 1.88 bits per heavy atom. The summed E-state index contributed by atoms with van der Waals surface area (Å²) in [5, 5.41) is 35.0. The van der Waals surface area contributed by atoms with E-state index in [0.717, 1.165) is 0 Å². The Morgan fingerprint density at radius 1 is 0.909 bits per heavy atom. The van der Waals surface area contributed by atoms with Crippen molar-refractivity contribution in [2.45, 2.75) is 57.0 Å². The second kappa shape index (κ2) is 12.4. The SMILES string of the molecule is CC(N)C(=O)NC(CC(N)=O)C(=O)NC(Cc1ccc(O)cc1)C(=O)NC(C(=O)O)C(C)O. The molecule has 0 spiro atoms. The minimum atomic E-state index is -1.66. The lowest BCUT2D eigenvalue weighted by Gasteiger charge is -2.25. The number of aliphatic hydroxyl groups excluding tert-OH is 1. The number of amides is 4. The fourth-order valence-electron chi connectivity index (χ4n) is 2.71. The van der Waals surface area contributed by atoms with Gasteiger partial charge < -0.3 is 42.7 Å². The van der Waals surface area contributed by atoms with Crippen LogP contribution in [-0.4, -0.2) is 75.2 Å². The number of carboxylic acids is 1. The molecule has 33 heavy (non-hydrogen) atoms. The average Bonchev–Trinajstić information content (AvgIpc) is 2.71. The van der Waals surface area contributed by atoms with E-state index >= 15 is 0 Å². The van der Waals surface area contributed by atoms with Crippen LogP contribution in [0.4, 0.5) is 0 Å². The van der Waals surface area contributed by atoms with Crippen LogP contribution >= 0.6 is 0 Å². The molecule has 0 aromatic heterocycles. The van der Waals surface area contributed by atoms with E-state index in [0.29, 0.717) is 5.56 Å². The molecule has 0 bridgehead atoms. The van der Waals surface area contributed by atoms with E-state index in [1.165, 1.54) is 38.1 Å². The van der Waals surface area contributed by atoms with Gasteiger partial charge in [-0.2, -0.15) is 0 Å². The normalized spacial score (nSPS) is 15.3. The number of hydrogen-bond donors (Lipinski definition) is 8. The number of carboxylic acid groups (broad SMARTS) is 1. The number of aliphatic hydroxyl groups is 1. The highest BCUT2D eigenvalue weighted by atomic mass is 16.4. The van der Waals surface area contributed by atoms with Gasteiger partial charge in [-0.1, -0.05) is 12.1 Å². The van der Waals surface area contributed by atoms with Gasteiger partial charge in [0.1, 0.15) is 17.8 Å². The van der Waals surface area contributed by atoms with Gasteiger partial charge in [0.25, 0.3) is 0 Å². The number of carbonyl (C=O) groups is 5. The Balaban J connectivity index is 3.16. The Bertz CT molecular complexity index is 872. The summed E-state index contributed by atoms with van der Waals surface area (Å²) in [7, 11) is 0. The van der Waals surface area contributed by atoms with Crippen molar-refractivity contribution < 1.29 is 39.3 Å². The molecule has 1 rings (SSSR count). The van der Waals surface area contributed by atoms with Crippen LogP contribution in [0.2, 0.25) is 0 Å². The van der Waals surface area contributed by atoms with E-state index in [2.05, 4.69) is 16.0 Å². The van der Waals surface area contributed by atoms with Crippen molar-refractivity contribution in [1.29, 1.82) is 0 Å². The summed E-state index contributed by atoms with van der Waals surface area (Å²) in [6.07, 6.45) is -2.16. The lowest BCUT2D eigenvalue weighted by molar-refractivity contribution is -0.145. The van der Waals surface area contributed by atoms with Crippen molar-refractivity contribution in [3.63, 3.8) is 0 Å². The third-order valence-electron chi connectivity index (χ3n) is 4.51. The number of primary amides is 1. The second-order valence-electron chi connectivity index (χ2n) is 7.52. The van der Waals surface area contributed by atoms with E-state index in [4.69, 9.17) is 11.5 Å². The zero-order chi connectivity index (χ0) is 25.3. The van der Waals surface area contributed by atoms with Crippen LogP contribution in [-0.2, 0) is 30.4 Å². The molecule has 10 N–H and O–H groups in total. The smallest absolute Gasteiger partial charge is 0.328 e. The number of phenolic OH excluding ortho intramolecular Hbond substituents is 1. The van der Waals surface area contributed by atoms with E-state index < -0.39 is 66.3 Å². The maximum absolute atomic E-state index is 12.8. The highest BCUT2D eigenvalue weighted by Crippen LogP contribution is 2.12. The molecule has 13 heteroatoms. The van der Waals surface area contributed by atoms with Crippen LogP contribution in [0.5, 0.6) is 5.75 Å². The first-order chi connectivity index (χ1) is 15.3. The largest absolute Gasteiger partial charge is 0.508 e. The topological polar surface area (TPSA) is 234 Å². The molecular weight excluding hydrogens is 438 g/mol. The number of aliphatic carboxylic acids is 1. The van der Waals surface area contributed by atoms with Gasteiger partial charge in [0, 0.05) is 6.42 Å². The predicted molar refractivity (Wildman–Crippen MR) is 114 cm³/mol. The molecule has 0 aliphatic rings. The third-order valence-corrected chi connectivity index (χ3v) is 4.51. The van der Waals surface area contributed by atoms with Crippen LogP contribution in [0.1, 0.15) is 25.8 Å². The van der Waals surface area contributed by atoms with Crippen molar-refractivity contribution in [3.05, 3.63) is 29.8 Å². The molecule has 0 aliphatic carbocycles. The summed E-state index contributed by atoms with van der Waals surface area (Å²) >= 11 is 0. The zero-order valence-corrected chi connectivity index (χ0v) is 18.1. The number of nitrogens with two attached hydrogens (primary N) is 2. The van der Waals surface area contributed by atoms with Crippen LogP contribution in [0.15, 0.2) is 24.3 Å². The standard InChI is InChI=1S/C20H29N5O8/c1-9(21)17(29)23-14(8-15(22)28)18(30)24-13(7-11-3-5-12(27)6-4-11)19(31)25-16(10(2)26)20(32)33/h3-6,9-10,13-14,16,26-27H,7-8,21H2,1-2H3,(H2,22,28)(H,23,29)(H,24,30)(H,25,31)(H,32,33). The minimum absolute atomic E-state index is 0.0380.